The van der Waals surface area contributed by atoms with Gasteiger partial charge in [0.1, 0.15) is 0 Å². The molecule has 0 atom stereocenters. The Morgan fingerprint density at radius 3 is 2.67 bits per heavy atom. The fourth-order valence-electron chi connectivity index (χ4n) is 3.14. The summed E-state index contributed by atoms with van der Waals surface area (Å²) in [6.45, 7) is 4.64. The van der Waals surface area contributed by atoms with E-state index in [1.807, 2.05) is 0 Å². The Hall–Kier alpha value is -2.68. The van der Waals surface area contributed by atoms with Crippen molar-refractivity contribution in [2.75, 3.05) is 19.8 Å². The number of ketones is 1. The number of ether oxygens (including phenoxy) is 1. The minimum absolute atomic E-state index is 0.0925. The van der Waals surface area contributed by atoms with Gasteiger partial charge in [0.25, 0.3) is 11.7 Å². The number of rotatable bonds is 9. The maximum atomic E-state index is 13.0. The van der Waals surface area contributed by atoms with E-state index in [4.69, 9.17) is 4.74 Å². The van der Waals surface area contributed by atoms with E-state index in [0.29, 0.717) is 31.2 Å². The van der Waals surface area contributed by atoms with Crippen LogP contribution in [-0.2, 0) is 15.7 Å². The molecule has 0 spiro atoms. The van der Waals surface area contributed by atoms with Crippen molar-refractivity contribution in [1.29, 1.82) is 0 Å². The Morgan fingerprint density at radius 1 is 1.27 bits per heavy atom. The molecule has 9 heteroatoms. The van der Waals surface area contributed by atoms with Crippen LogP contribution in [0, 0.1) is 19.8 Å². The van der Waals surface area contributed by atoms with E-state index in [1.54, 1.807) is 13.8 Å². The average molecular weight is 423 g/mol. The third-order valence-corrected chi connectivity index (χ3v) is 4.94. The topological polar surface area (TPSA) is 73.2 Å². The summed E-state index contributed by atoms with van der Waals surface area (Å²) >= 11 is 0. The van der Waals surface area contributed by atoms with Gasteiger partial charge < -0.3 is 10.1 Å². The lowest BCUT2D eigenvalue weighted by Crippen LogP contribution is -2.32. The molecule has 0 radical (unpaired) electrons. The minimum Gasteiger partial charge on any atom is -0.381 e. The molecule has 1 amide bonds. The highest BCUT2D eigenvalue weighted by Crippen LogP contribution is 2.31. The maximum Gasteiger partial charge on any atom is 0.416 e. The number of carbonyl (C=O) groups is 2. The first kappa shape index (κ1) is 22.0. The van der Waals surface area contributed by atoms with Gasteiger partial charge in [0, 0.05) is 19.8 Å². The first-order valence-electron chi connectivity index (χ1n) is 9.82. The summed E-state index contributed by atoms with van der Waals surface area (Å²) in [5, 5.41) is 6.74. The number of hydrogen-bond donors (Lipinski definition) is 1. The van der Waals surface area contributed by atoms with Gasteiger partial charge >= 0.3 is 6.18 Å². The van der Waals surface area contributed by atoms with E-state index >= 15 is 0 Å². The molecule has 0 unspecified atom stereocenters. The van der Waals surface area contributed by atoms with Gasteiger partial charge in [-0.2, -0.15) is 18.3 Å². The molecule has 3 rings (SSSR count). The second kappa shape index (κ2) is 8.99. The predicted molar refractivity (Wildman–Crippen MR) is 104 cm³/mol. The Bertz CT molecular complexity index is 933. The van der Waals surface area contributed by atoms with Gasteiger partial charge in [0.15, 0.2) is 0 Å². The van der Waals surface area contributed by atoms with E-state index in [9.17, 15) is 22.8 Å². The average Bonchev–Trinajstić information content (AvgIpc) is 3.47. The van der Waals surface area contributed by atoms with Crippen LogP contribution in [0.1, 0.15) is 46.6 Å². The van der Waals surface area contributed by atoms with Crippen LogP contribution in [0.15, 0.2) is 24.3 Å². The largest absolute Gasteiger partial charge is 0.416 e. The number of alkyl halides is 3. The van der Waals surface area contributed by atoms with Crippen LogP contribution < -0.4 is 5.32 Å². The summed E-state index contributed by atoms with van der Waals surface area (Å²) in [4.78, 5) is 24.8. The lowest BCUT2D eigenvalue weighted by molar-refractivity contribution is -0.137. The van der Waals surface area contributed by atoms with Gasteiger partial charge in [-0.1, -0.05) is 6.07 Å². The number of benzene rings is 1. The number of nitrogens with one attached hydrogen (secondary N) is 1. The number of halogens is 3. The van der Waals surface area contributed by atoms with E-state index in [1.165, 1.54) is 29.7 Å². The standard InChI is InChI=1S/C21H24F3N3O3/c1-13-18(19(28)20(29)25-9-4-10-30-12-15-7-8-15)14(2)27(26-13)17-6-3-5-16(11-17)21(22,23)24/h3,5-6,11,15H,4,7-10,12H2,1-2H3,(H,25,29). The summed E-state index contributed by atoms with van der Waals surface area (Å²) < 4.78 is 45.7. The molecule has 1 heterocycles. The lowest BCUT2D eigenvalue weighted by Gasteiger charge is -2.10. The summed E-state index contributed by atoms with van der Waals surface area (Å²) in [7, 11) is 0. The second-order valence-electron chi connectivity index (χ2n) is 7.46. The molecule has 1 aliphatic rings. The molecular formula is C21H24F3N3O3. The number of amides is 1. The van der Waals surface area contributed by atoms with Gasteiger partial charge in [0.2, 0.25) is 0 Å². The Balaban J connectivity index is 1.65. The Labute approximate surface area is 172 Å². The molecule has 1 aromatic heterocycles. The van der Waals surface area contributed by atoms with Gasteiger partial charge in [-0.15, -0.1) is 0 Å². The zero-order valence-electron chi connectivity index (χ0n) is 16.9. The van der Waals surface area contributed by atoms with Crippen molar-refractivity contribution in [2.24, 2.45) is 5.92 Å². The van der Waals surface area contributed by atoms with Crippen LogP contribution >= 0.6 is 0 Å². The Morgan fingerprint density at radius 2 is 2.00 bits per heavy atom. The van der Waals surface area contributed by atoms with Gasteiger partial charge in [0.05, 0.1) is 28.2 Å². The van der Waals surface area contributed by atoms with Crippen molar-refractivity contribution in [1.82, 2.24) is 15.1 Å². The molecule has 0 aliphatic heterocycles. The van der Waals surface area contributed by atoms with Gasteiger partial charge in [-0.3, -0.25) is 9.59 Å². The third-order valence-electron chi connectivity index (χ3n) is 4.94. The number of hydrogen-bond acceptors (Lipinski definition) is 4. The number of nitrogens with zero attached hydrogens (tertiary/aromatic N) is 2. The molecule has 30 heavy (non-hydrogen) atoms. The van der Waals surface area contributed by atoms with Crippen molar-refractivity contribution >= 4 is 11.7 Å². The molecule has 2 aromatic rings. The van der Waals surface area contributed by atoms with Crippen molar-refractivity contribution in [3.05, 3.63) is 46.8 Å². The molecule has 1 fully saturated rings. The number of Topliss-reactive ketones (excluding diaryl/α,β-unsaturated/α-hetero) is 1. The zero-order valence-corrected chi connectivity index (χ0v) is 16.9. The van der Waals surface area contributed by atoms with Crippen molar-refractivity contribution in [3.63, 3.8) is 0 Å². The molecule has 1 aliphatic carbocycles. The van der Waals surface area contributed by atoms with Crippen LogP contribution in [0.25, 0.3) is 5.69 Å². The molecular weight excluding hydrogens is 399 g/mol. The van der Waals surface area contributed by atoms with Crippen molar-refractivity contribution < 1.29 is 27.5 Å². The van der Waals surface area contributed by atoms with E-state index in [2.05, 4.69) is 10.4 Å². The predicted octanol–water partition coefficient (Wildman–Crippen LogP) is 3.62. The van der Waals surface area contributed by atoms with Crippen molar-refractivity contribution in [3.8, 4) is 5.69 Å². The summed E-state index contributed by atoms with van der Waals surface area (Å²) in [5.41, 5.74) is 0.0206. The summed E-state index contributed by atoms with van der Waals surface area (Å²) in [6, 6.07) is 4.65. The van der Waals surface area contributed by atoms with Crippen LogP contribution in [0.3, 0.4) is 0 Å². The molecule has 0 bridgehead atoms. The highest BCUT2D eigenvalue weighted by atomic mass is 19.4. The monoisotopic (exact) mass is 423 g/mol. The molecule has 162 valence electrons. The normalized spacial score (nSPS) is 14.0. The summed E-state index contributed by atoms with van der Waals surface area (Å²) in [6.07, 6.45) is -1.49. The maximum absolute atomic E-state index is 13.0. The van der Waals surface area contributed by atoms with Crippen LogP contribution in [0.2, 0.25) is 0 Å². The van der Waals surface area contributed by atoms with Crippen LogP contribution in [0.5, 0.6) is 0 Å². The molecule has 1 N–H and O–H groups in total. The molecule has 6 nitrogen and oxygen atoms in total. The highest BCUT2D eigenvalue weighted by molar-refractivity contribution is 6.43. The van der Waals surface area contributed by atoms with Crippen LogP contribution in [-0.4, -0.2) is 41.2 Å². The molecule has 1 aromatic carbocycles. The van der Waals surface area contributed by atoms with E-state index in [-0.39, 0.29) is 16.9 Å². The van der Waals surface area contributed by atoms with Crippen LogP contribution in [0.4, 0.5) is 13.2 Å². The van der Waals surface area contributed by atoms with E-state index < -0.39 is 23.4 Å². The van der Waals surface area contributed by atoms with Gasteiger partial charge in [-0.05, 0) is 57.2 Å². The van der Waals surface area contributed by atoms with E-state index in [0.717, 1.165) is 18.7 Å². The zero-order chi connectivity index (χ0) is 21.9. The number of aromatic nitrogens is 2. The van der Waals surface area contributed by atoms with Gasteiger partial charge in [-0.25, -0.2) is 4.68 Å². The third kappa shape index (κ3) is 5.27. The fourth-order valence-corrected chi connectivity index (χ4v) is 3.14. The second-order valence-corrected chi connectivity index (χ2v) is 7.46. The first-order valence-corrected chi connectivity index (χ1v) is 9.82. The lowest BCUT2D eigenvalue weighted by atomic mass is 10.1. The quantitative estimate of drug-likeness (QED) is 0.380. The smallest absolute Gasteiger partial charge is 0.381 e. The SMILES string of the molecule is Cc1nn(-c2cccc(C(F)(F)F)c2)c(C)c1C(=O)C(=O)NCCCOCC1CC1. The Kier molecular flexibility index (Phi) is 6.60. The number of carbonyl (C=O) groups excluding carboxylic acids is 2. The minimum atomic E-state index is -4.49. The highest BCUT2D eigenvalue weighted by Gasteiger charge is 2.31. The van der Waals surface area contributed by atoms with Crippen molar-refractivity contribution in [2.45, 2.75) is 39.3 Å². The molecule has 1 saturated carbocycles. The first-order chi connectivity index (χ1) is 14.2. The molecule has 0 saturated heterocycles. The number of aryl methyl sites for hydroxylation is 1. The summed E-state index contributed by atoms with van der Waals surface area (Å²) in [5.74, 6) is -0.866. The fraction of sp³-hybridized carbons (Fsp3) is 0.476.